The topological polar surface area (TPSA) is 30.7 Å². The molecule has 0 aliphatic carbocycles. The van der Waals surface area contributed by atoms with Gasteiger partial charge in [0, 0.05) is 37.7 Å². The van der Waals surface area contributed by atoms with Gasteiger partial charge in [0.15, 0.2) is 5.82 Å². The van der Waals surface area contributed by atoms with E-state index in [0.29, 0.717) is 0 Å². The minimum atomic E-state index is 0.727. The highest BCUT2D eigenvalue weighted by Crippen LogP contribution is 2.45. The summed E-state index contributed by atoms with van der Waals surface area (Å²) < 4.78 is 4.67. The second-order valence-corrected chi connectivity index (χ2v) is 15.2. The van der Waals surface area contributed by atoms with Gasteiger partial charge < -0.3 is 4.57 Å². The van der Waals surface area contributed by atoms with Crippen molar-refractivity contribution in [2.45, 2.75) is 0 Å². The fourth-order valence-electron chi connectivity index (χ4n) is 8.26. The first-order valence-corrected chi connectivity index (χ1v) is 19.7. The number of hydrogen-bond acceptors (Lipinski definition) is 3. The highest BCUT2D eigenvalue weighted by atomic mass is 32.1. The fraction of sp³-hybridized carbons (Fsp3) is 0. The van der Waals surface area contributed by atoms with Crippen molar-refractivity contribution in [3.05, 3.63) is 200 Å². The van der Waals surface area contributed by atoms with Gasteiger partial charge in [-0.1, -0.05) is 164 Å². The van der Waals surface area contributed by atoms with Crippen LogP contribution >= 0.6 is 11.3 Å². The molecule has 0 aliphatic heterocycles. The summed E-state index contributed by atoms with van der Waals surface area (Å²) in [5.41, 5.74) is 14.7. The quantitative estimate of drug-likeness (QED) is 0.170. The SMILES string of the molecule is c1ccc(-c2ccc(-c3nc(-c4ccccc4)nc4c3sc3cccc(-c5cccc(-c6cccc7c6c6ccccc6n7-c6ccccc6)c5)c34)cc2)cc1. The zero-order valence-corrected chi connectivity index (χ0v) is 31.1. The van der Waals surface area contributed by atoms with Gasteiger partial charge in [-0.15, -0.1) is 11.3 Å². The average molecular weight is 732 g/mol. The molecule has 0 bridgehead atoms. The maximum Gasteiger partial charge on any atom is 0.160 e. The lowest BCUT2D eigenvalue weighted by molar-refractivity contribution is 1.18. The van der Waals surface area contributed by atoms with E-state index in [1.165, 1.54) is 48.8 Å². The molecule has 3 aromatic heterocycles. The molecular weight excluding hydrogens is 699 g/mol. The van der Waals surface area contributed by atoms with Crippen LogP contribution in [0.25, 0.3) is 104 Å². The van der Waals surface area contributed by atoms with E-state index in [-0.39, 0.29) is 0 Å². The summed E-state index contributed by atoms with van der Waals surface area (Å²) in [6, 6.07) is 71.4. The average Bonchev–Trinajstić information content (AvgIpc) is 3.83. The minimum absolute atomic E-state index is 0.727. The van der Waals surface area contributed by atoms with E-state index in [9.17, 15) is 0 Å². The molecule has 0 radical (unpaired) electrons. The lowest BCUT2D eigenvalue weighted by Crippen LogP contribution is -1.94. The van der Waals surface area contributed by atoms with E-state index < -0.39 is 0 Å². The van der Waals surface area contributed by atoms with Crippen molar-refractivity contribution in [2.24, 2.45) is 0 Å². The van der Waals surface area contributed by atoms with E-state index >= 15 is 0 Å². The molecule has 0 N–H and O–H groups in total. The van der Waals surface area contributed by atoms with Crippen LogP contribution in [0.1, 0.15) is 0 Å². The molecule has 262 valence electrons. The number of aromatic nitrogens is 3. The predicted molar refractivity (Wildman–Crippen MR) is 236 cm³/mol. The van der Waals surface area contributed by atoms with Crippen molar-refractivity contribution in [1.82, 2.24) is 14.5 Å². The second-order valence-electron chi connectivity index (χ2n) is 14.1. The Hall–Kier alpha value is -7.14. The molecule has 3 heterocycles. The van der Waals surface area contributed by atoms with Gasteiger partial charge in [0.25, 0.3) is 0 Å². The number of rotatable bonds is 6. The van der Waals surface area contributed by atoms with Crippen LogP contribution in [-0.4, -0.2) is 14.5 Å². The van der Waals surface area contributed by atoms with Crippen LogP contribution in [0.2, 0.25) is 0 Å². The van der Waals surface area contributed by atoms with E-state index in [1.807, 2.05) is 6.07 Å². The Balaban J connectivity index is 1.10. The molecule has 0 amide bonds. The zero-order chi connectivity index (χ0) is 37.0. The lowest BCUT2D eigenvalue weighted by Gasteiger charge is -2.11. The number of hydrogen-bond donors (Lipinski definition) is 0. The Morgan fingerprint density at radius 2 is 0.946 bits per heavy atom. The van der Waals surface area contributed by atoms with Crippen molar-refractivity contribution >= 4 is 53.4 Å². The van der Waals surface area contributed by atoms with Gasteiger partial charge >= 0.3 is 0 Å². The van der Waals surface area contributed by atoms with E-state index in [4.69, 9.17) is 9.97 Å². The van der Waals surface area contributed by atoms with Crippen molar-refractivity contribution < 1.29 is 0 Å². The molecule has 8 aromatic carbocycles. The van der Waals surface area contributed by atoms with Gasteiger partial charge in [0.1, 0.15) is 0 Å². The molecule has 0 atom stereocenters. The summed E-state index contributed by atoms with van der Waals surface area (Å²) >= 11 is 1.77. The third-order valence-corrected chi connectivity index (χ3v) is 12.0. The highest BCUT2D eigenvalue weighted by molar-refractivity contribution is 7.26. The van der Waals surface area contributed by atoms with Crippen LogP contribution in [0.4, 0.5) is 0 Å². The molecule has 3 nitrogen and oxygen atoms in total. The molecule has 0 spiro atoms. The minimum Gasteiger partial charge on any atom is -0.309 e. The standard InChI is InChI=1S/C52H33N3S/c1-4-15-34(16-5-1)35-29-31-36(32-30-35)49-51-50(54-52(53-49)37-17-6-2-7-18-37)48-42(25-14-28-46(48)56-51)39-20-12-19-38(33-39)41-24-13-27-45-47(41)43-23-10-11-26-44(43)55(45)40-21-8-3-9-22-40/h1-33H. The van der Waals surface area contributed by atoms with Crippen LogP contribution in [0.15, 0.2) is 200 Å². The Bertz CT molecular complexity index is 3220. The van der Waals surface area contributed by atoms with Crippen LogP contribution in [0, 0.1) is 0 Å². The van der Waals surface area contributed by atoms with Crippen molar-refractivity contribution in [2.75, 3.05) is 0 Å². The first-order chi connectivity index (χ1) is 27.8. The third kappa shape index (κ3) is 5.34. The Kier molecular flexibility index (Phi) is 7.68. The summed E-state index contributed by atoms with van der Waals surface area (Å²) in [7, 11) is 0. The lowest BCUT2D eigenvalue weighted by atomic mass is 9.94. The van der Waals surface area contributed by atoms with E-state index in [2.05, 4.69) is 199 Å². The van der Waals surface area contributed by atoms with Gasteiger partial charge in [-0.3, -0.25) is 0 Å². The summed E-state index contributed by atoms with van der Waals surface area (Å²) in [5.74, 6) is 0.727. The number of benzene rings is 8. The fourth-order valence-corrected chi connectivity index (χ4v) is 9.44. The zero-order valence-electron chi connectivity index (χ0n) is 30.3. The van der Waals surface area contributed by atoms with Crippen LogP contribution in [0.3, 0.4) is 0 Å². The number of thiophene rings is 1. The molecule has 11 rings (SSSR count). The first kappa shape index (κ1) is 32.3. The maximum absolute atomic E-state index is 5.35. The highest BCUT2D eigenvalue weighted by Gasteiger charge is 2.21. The molecule has 56 heavy (non-hydrogen) atoms. The van der Waals surface area contributed by atoms with E-state index in [0.717, 1.165) is 55.1 Å². The Labute approximate surface area is 328 Å². The number of fused-ring (bicyclic) bond motifs is 6. The van der Waals surface area contributed by atoms with Crippen molar-refractivity contribution in [3.63, 3.8) is 0 Å². The molecule has 0 fully saturated rings. The number of para-hydroxylation sites is 2. The largest absolute Gasteiger partial charge is 0.309 e. The monoisotopic (exact) mass is 731 g/mol. The smallest absolute Gasteiger partial charge is 0.160 e. The van der Waals surface area contributed by atoms with Crippen molar-refractivity contribution in [1.29, 1.82) is 0 Å². The maximum atomic E-state index is 5.35. The summed E-state index contributed by atoms with van der Waals surface area (Å²) in [5, 5.41) is 3.66. The van der Waals surface area contributed by atoms with Crippen LogP contribution in [0.5, 0.6) is 0 Å². The normalized spacial score (nSPS) is 11.6. The van der Waals surface area contributed by atoms with Crippen molar-refractivity contribution in [3.8, 4) is 61.7 Å². The molecule has 11 aromatic rings. The molecule has 0 unspecified atom stereocenters. The first-order valence-electron chi connectivity index (χ1n) is 18.9. The molecule has 4 heteroatoms. The Morgan fingerprint density at radius 3 is 1.70 bits per heavy atom. The van der Waals surface area contributed by atoms with E-state index in [1.54, 1.807) is 11.3 Å². The van der Waals surface area contributed by atoms with Crippen LogP contribution in [-0.2, 0) is 0 Å². The van der Waals surface area contributed by atoms with Gasteiger partial charge in [0.2, 0.25) is 0 Å². The van der Waals surface area contributed by atoms with Gasteiger partial charge in [-0.2, -0.15) is 0 Å². The molecule has 0 saturated carbocycles. The molecular formula is C52H33N3S. The molecule has 0 aliphatic rings. The Morgan fingerprint density at radius 1 is 0.393 bits per heavy atom. The second kappa shape index (κ2) is 13.3. The summed E-state index contributed by atoms with van der Waals surface area (Å²) in [4.78, 5) is 10.6. The number of nitrogens with zero attached hydrogens (tertiary/aromatic N) is 3. The van der Waals surface area contributed by atoms with Gasteiger partial charge in [-0.25, -0.2) is 9.97 Å². The molecule has 0 saturated heterocycles. The van der Waals surface area contributed by atoms with Gasteiger partial charge in [0.05, 0.1) is 26.9 Å². The summed E-state index contributed by atoms with van der Waals surface area (Å²) in [6.07, 6.45) is 0. The summed E-state index contributed by atoms with van der Waals surface area (Å²) in [6.45, 7) is 0. The predicted octanol–water partition coefficient (Wildman–Crippen LogP) is 14.3. The van der Waals surface area contributed by atoms with Crippen LogP contribution < -0.4 is 0 Å². The third-order valence-electron chi connectivity index (χ3n) is 10.8. The van der Waals surface area contributed by atoms with Gasteiger partial charge in [-0.05, 0) is 69.8 Å².